The molecule has 0 amide bonds. The minimum atomic E-state index is 0.530. The molecule has 5 heteroatoms. The molecule has 0 aliphatic heterocycles. The van der Waals surface area contributed by atoms with Gasteiger partial charge in [-0.05, 0) is 17.7 Å². The van der Waals surface area contributed by atoms with Crippen molar-refractivity contribution in [3.05, 3.63) is 54.7 Å². The first kappa shape index (κ1) is 13.3. The van der Waals surface area contributed by atoms with E-state index in [1.807, 2.05) is 24.3 Å². The van der Waals surface area contributed by atoms with E-state index in [4.69, 9.17) is 9.26 Å². The molecule has 5 nitrogen and oxygen atoms in total. The first-order chi connectivity index (χ1) is 9.38. The van der Waals surface area contributed by atoms with E-state index in [1.165, 1.54) is 11.9 Å². The molecule has 1 N–H and O–H groups in total. The van der Waals surface area contributed by atoms with Crippen molar-refractivity contribution in [3.63, 3.8) is 0 Å². The lowest BCUT2D eigenvalue weighted by Crippen LogP contribution is -2.16. The smallest absolute Gasteiger partial charge is 0.227 e. The van der Waals surface area contributed by atoms with Crippen molar-refractivity contribution in [2.24, 2.45) is 0 Å². The van der Waals surface area contributed by atoms with Crippen LogP contribution in [-0.4, -0.2) is 23.3 Å². The van der Waals surface area contributed by atoms with Gasteiger partial charge in [0.1, 0.15) is 12.4 Å². The van der Waals surface area contributed by atoms with Gasteiger partial charge in [-0.15, -0.1) is 0 Å². The third-order valence-corrected chi connectivity index (χ3v) is 2.54. The number of aromatic nitrogens is 2. The highest BCUT2D eigenvalue weighted by atomic mass is 16.5. The van der Waals surface area contributed by atoms with Gasteiger partial charge < -0.3 is 14.6 Å². The highest BCUT2D eigenvalue weighted by Crippen LogP contribution is 2.11. The van der Waals surface area contributed by atoms with E-state index in [9.17, 15) is 0 Å². The van der Waals surface area contributed by atoms with Crippen LogP contribution in [0.3, 0.4) is 0 Å². The summed E-state index contributed by atoms with van der Waals surface area (Å²) >= 11 is 0. The molecule has 1 aromatic heterocycles. The molecular weight excluding hydrogens is 242 g/mol. The van der Waals surface area contributed by atoms with Crippen molar-refractivity contribution in [2.45, 2.75) is 13.0 Å². The fourth-order valence-electron chi connectivity index (χ4n) is 1.59. The summed E-state index contributed by atoms with van der Waals surface area (Å²) in [7, 11) is 0. The average Bonchev–Trinajstić information content (AvgIpc) is 2.96. The number of nitrogens with zero attached hydrogens (tertiary/aromatic N) is 2. The summed E-state index contributed by atoms with van der Waals surface area (Å²) in [5.74, 6) is 1.51. The molecule has 0 bridgehead atoms. The summed E-state index contributed by atoms with van der Waals surface area (Å²) in [5, 5.41) is 6.88. The maximum Gasteiger partial charge on any atom is 0.227 e. The summed E-state index contributed by atoms with van der Waals surface area (Å²) in [6.45, 7) is 5.75. The Bertz CT molecular complexity index is 480. The summed E-state index contributed by atoms with van der Waals surface area (Å²) in [4.78, 5) is 3.96. The normalized spacial score (nSPS) is 10.3. The minimum absolute atomic E-state index is 0.530. The predicted molar refractivity (Wildman–Crippen MR) is 71.8 cm³/mol. The Morgan fingerprint density at radius 3 is 2.84 bits per heavy atom. The summed E-state index contributed by atoms with van der Waals surface area (Å²) in [6.07, 6.45) is 3.88. The maximum absolute atomic E-state index is 5.42. The van der Waals surface area contributed by atoms with E-state index in [0.717, 1.165) is 25.3 Å². The fourth-order valence-corrected chi connectivity index (χ4v) is 1.59. The quantitative estimate of drug-likeness (QED) is 0.580. The van der Waals surface area contributed by atoms with E-state index < -0.39 is 0 Å². The van der Waals surface area contributed by atoms with E-state index in [-0.39, 0.29) is 0 Å². The van der Waals surface area contributed by atoms with Crippen LogP contribution in [0.4, 0.5) is 0 Å². The molecule has 0 saturated heterocycles. The van der Waals surface area contributed by atoms with Crippen molar-refractivity contribution < 1.29 is 9.26 Å². The fraction of sp³-hybridized carbons (Fsp3) is 0.286. The molecule has 0 saturated carbocycles. The second-order valence-corrected chi connectivity index (χ2v) is 4.01. The highest BCUT2D eigenvalue weighted by Gasteiger charge is 1.99. The highest BCUT2D eigenvalue weighted by molar-refractivity contribution is 5.27. The van der Waals surface area contributed by atoms with Crippen LogP contribution in [0.15, 0.2) is 47.8 Å². The maximum atomic E-state index is 5.42. The Kier molecular flexibility index (Phi) is 5.13. The van der Waals surface area contributed by atoms with Crippen molar-refractivity contribution in [3.8, 4) is 5.75 Å². The molecule has 0 atom stereocenters. The second-order valence-electron chi connectivity index (χ2n) is 4.01. The molecule has 2 rings (SSSR count). The zero-order valence-electron chi connectivity index (χ0n) is 10.7. The summed E-state index contributed by atoms with van der Waals surface area (Å²) in [6, 6.07) is 7.99. The lowest BCUT2D eigenvalue weighted by atomic mass is 10.2. The minimum Gasteiger partial charge on any atom is -0.490 e. The van der Waals surface area contributed by atoms with Gasteiger partial charge in [0.05, 0.1) is 0 Å². The lowest BCUT2D eigenvalue weighted by Gasteiger charge is -2.06. The van der Waals surface area contributed by atoms with E-state index >= 15 is 0 Å². The standard InChI is InChI=1S/C14H17N3O2/c1-2-9-18-13-5-3-12(4-6-13)10-15-8-7-14-16-11-17-19-14/h2-6,11,15H,1,7-10H2. The van der Waals surface area contributed by atoms with Gasteiger partial charge in [-0.25, -0.2) is 0 Å². The largest absolute Gasteiger partial charge is 0.490 e. The Balaban J connectivity index is 1.69. The number of hydrogen-bond acceptors (Lipinski definition) is 5. The van der Waals surface area contributed by atoms with Gasteiger partial charge in [-0.2, -0.15) is 4.98 Å². The molecule has 2 aromatic rings. The Labute approximate surface area is 112 Å². The first-order valence-electron chi connectivity index (χ1n) is 6.17. The monoisotopic (exact) mass is 259 g/mol. The lowest BCUT2D eigenvalue weighted by molar-refractivity contribution is 0.363. The number of hydrogen-bond donors (Lipinski definition) is 1. The summed E-state index contributed by atoms with van der Waals surface area (Å²) < 4.78 is 10.3. The molecule has 1 aromatic carbocycles. The first-order valence-corrected chi connectivity index (χ1v) is 6.17. The van der Waals surface area contributed by atoms with Crippen LogP contribution in [0.2, 0.25) is 0 Å². The van der Waals surface area contributed by atoms with Crippen LogP contribution in [-0.2, 0) is 13.0 Å². The molecule has 0 aliphatic carbocycles. The number of ether oxygens (including phenoxy) is 1. The van der Waals surface area contributed by atoms with Gasteiger partial charge in [0.2, 0.25) is 5.89 Å². The van der Waals surface area contributed by atoms with Gasteiger partial charge in [0, 0.05) is 19.5 Å². The zero-order chi connectivity index (χ0) is 13.3. The molecule has 0 spiro atoms. The Morgan fingerprint density at radius 1 is 1.32 bits per heavy atom. The second kappa shape index (κ2) is 7.33. The molecular formula is C14H17N3O2. The third-order valence-electron chi connectivity index (χ3n) is 2.54. The van der Waals surface area contributed by atoms with Crippen molar-refractivity contribution in [1.29, 1.82) is 0 Å². The topological polar surface area (TPSA) is 60.2 Å². The number of rotatable bonds is 8. The van der Waals surface area contributed by atoms with Crippen molar-refractivity contribution >= 4 is 0 Å². The molecule has 0 aliphatic rings. The van der Waals surface area contributed by atoms with Gasteiger partial charge >= 0.3 is 0 Å². The van der Waals surface area contributed by atoms with Crippen LogP contribution in [0.1, 0.15) is 11.5 Å². The van der Waals surface area contributed by atoms with E-state index in [2.05, 4.69) is 22.0 Å². The molecule has 0 fully saturated rings. The van der Waals surface area contributed by atoms with Crippen LogP contribution in [0, 0.1) is 0 Å². The Morgan fingerprint density at radius 2 is 2.16 bits per heavy atom. The molecule has 0 radical (unpaired) electrons. The predicted octanol–water partition coefficient (Wildman–Crippen LogP) is 1.97. The van der Waals surface area contributed by atoms with Crippen molar-refractivity contribution in [1.82, 2.24) is 15.5 Å². The Hall–Kier alpha value is -2.14. The zero-order valence-corrected chi connectivity index (χ0v) is 10.7. The van der Waals surface area contributed by atoms with Gasteiger partial charge in [0.15, 0.2) is 6.33 Å². The third kappa shape index (κ3) is 4.56. The van der Waals surface area contributed by atoms with Crippen LogP contribution < -0.4 is 10.1 Å². The van der Waals surface area contributed by atoms with Gasteiger partial charge in [-0.3, -0.25) is 0 Å². The van der Waals surface area contributed by atoms with Crippen LogP contribution in [0.5, 0.6) is 5.75 Å². The van der Waals surface area contributed by atoms with E-state index in [1.54, 1.807) is 6.08 Å². The van der Waals surface area contributed by atoms with Crippen LogP contribution in [0.25, 0.3) is 0 Å². The molecule has 100 valence electrons. The number of benzene rings is 1. The molecule has 0 unspecified atom stereocenters. The molecule has 19 heavy (non-hydrogen) atoms. The SMILES string of the molecule is C=CCOc1ccc(CNCCc2ncno2)cc1. The molecule has 1 heterocycles. The average molecular weight is 259 g/mol. The van der Waals surface area contributed by atoms with Gasteiger partial charge in [0.25, 0.3) is 0 Å². The number of nitrogens with one attached hydrogen (secondary N) is 1. The van der Waals surface area contributed by atoms with Gasteiger partial charge in [-0.1, -0.05) is 29.9 Å². The van der Waals surface area contributed by atoms with Crippen LogP contribution >= 0.6 is 0 Å². The van der Waals surface area contributed by atoms with E-state index in [0.29, 0.717) is 12.5 Å². The van der Waals surface area contributed by atoms with Crippen molar-refractivity contribution in [2.75, 3.05) is 13.2 Å². The summed E-state index contributed by atoms with van der Waals surface area (Å²) in [5.41, 5.74) is 1.21.